The van der Waals surface area contributed by atoms with Crippen LogP contribution < -0.4 is 0 Å². The molecule has 1 aromatic rings. The maximum atomic E-state index is 10.3. The van der Waals surface area contributed by atoms with Crippen molar-refractivity contribution < 1.29 is 20.1 Å². The van der Waals surface area contributed by atoms with E-state index in [0.717, 1.165) is 0 Å². The molecule has 0 spiro atoms. The summed E-state index contributed by atoms with van der Waals surface area (Å²) in [4.78, 5) is 10.3. The van der Waals surface area contributed by atoms with E-state index in [0.29, 0.717) is 4.47 Å². The van der Waals surface area contributed by atoms with E-state index in [1.54, 1.807) is 12.1 Å². The summed E-state index contributed by atoms with van der Waals surface area (Å²) in [5, 5.41) is 27.4. The molecule has 1 atom stereocenters. The normalized spacial score (nSPS) is 12.4. The van der Waals surface area contributed by atoms with Gasteiger partial charge in [-0.3, -0.25) is 4.79 Å². The van der Waals surface area contributed by atoms with Crippen molar-refractivity contribution >= 4 is 21.9 Å². The molecule has 0 bridgehead atoms. The number of hydrogen-bond acceptors (Lipinski definition) is 3. The van der Waals surface area contributed by atoms with Gasteiger partial charge in [-0.05, 0) is 22.0 Å². The van der Waals surface area contributed by atoms with Gasteiger partial charge in [-0.25, -0.2) is 0 Å². The molecule has 14 heavy (non-hydrogen) atoms. The van der Waals surface area contributed by atoms with Crippen molar-refractivity contribution in [3.05, 3.63) is 28.2 Å². The van der Waals surface area contributed by atoms with Crippen LogP contribution in [0.5, 0.6) is 5.75 Å². The monoisotopic (exact) mass is 260 g/mol. The summed E-state index contributed by atoms with van der Waals surface area (Å²) >= 11 is 3.07. The number of carboxylic acids is 1. The molecule has 0 amide bonds. The van der Waals surface area contributed by atoms with E-state index < -0.39 is 18.5 Å². The Balaban J connectivity index is 2.95. The number of aromatic hydroxyl groups is 1. The van der Waals surface area contributed by atoms with Crippen LogP contribution in [0, 0.1) is 0 Å². The highest BCUT2D eigenvalue weighted by Gasteiger charge is 2.16. The van der Waals surface area contributed by atoms with Crippen LogP contribution in [0.3, 0.4) is 0 Å². The zero-order valence-electron chi connectivity index (χ0n) is 7.14. The minimum atomic E-state index is -1.19. The molecular weight excluding hydrogens is 252 g/mol. The van der Waals surface area contributed by atoms with Crippen molar-refractivity contribution in [3.63, 3.8) is 0 Å². The maximum absolute atomic E-state index is 10.3. The Morgan fingerprint density at radius 1 is 1.50 bits per heavy atom. The molecule has 0 saturated heterocycles. The molecule has 0 aromatic heterocycles. The van der Waals surface area contributed by atoms with Crippen LogP contribution in [-0.4, -0.2) is 21.3 Å². The van der Waals surface area contributed by atoms with Gasteiger partial charge in [0.25, 0.3) is 0 Å². The molecule has 4 nitrogen and oxygen atoms in total. The van der Waals surface area contributed by atoms with Crippen LogP contribution in [0.15, 0.2) is 22.7 Å². The van der Waals surface area contributed by atoms with E-state index in [9.17, 15) is 15.0 Å². The van der Waals surface area contributed by atoms with Gasteiger partial charge in [0.05, 0.1) is 17.0 Å². The number of aliphatic hydroxyl groups is 1. The first-order valence-electron chi connectivity index (χ1n) is 3.89. The second-order valence-corrected chi connectivity index (χ2v) is 3.65. The molecule has 1 aromatic carbocycles. The molecule has 5 heteroatoms. The van der Waals surface area contributed by atoms with Gasteiger partial charge in [-0.15, -0.1) is 0 Å². The van der Waals surface area contributed by atoms with Gasteiger partial charge in [0, 0.05) is 5.56 Å². The largest absolute Gasteiger partial charge is 0.506 e. The lowest BCUT2D eigenvalue weighted by Gasteiger charge is -2.10. The lowest BCUT2D eigenvalue weighted by molar-refractivity contribution is -0.139. The van der Waals surface area contributed by atoms with Crippen molar-refractivity contribution in [2.24, 2.45) is 0 Å². The Morgan fingerprint density at radius 2 is 2.14 bits per heavy atom. The Labute approximate surface area is 88.9 Å². The third-order valence-corrected chi connectivity index (χ3v) is 2.38. The summed E-state index contributed by atoms with van der Waals surface area (Å²) < 4.78 is 0.430. The minimum absolute atomic E-state index is 0.124. The minimum Gasteiger partial charge on any atom is -0.506 e. The lowest BCUT2D eigenvalue weighted by atomic mass is 10.1. The van der Waals surface area contributed by atoms with Crippen LogP contribution in [0.1, 0.15) is 18.1 Å². The van der Waals surface area contributed by atoms with Gasteiger partial charge in [0.15, 0.2) is 0 Å². The number of aliphatic hydroxyl groups excluding tert-OH is 1. The molecule has 0 aliphatic rings. The predicted molar refractivity (Wildman–Crippen MR) is 53.0 cm³/mol. The first kappa shape index (κ1) is 11.0. The summed E-state index contributed by atoms with van der Waals surface area (Å²) in [6, 6.07) is 4.70. The third-order valence-electron chi connectivity index (χ3n) is 1.74. The van der Waals surface area contributed by atoms with Crippen molar-refractivity contribution in [2.75, 3.05) is 0 Å². The molecule has 0 radical (unpaired) electrons. The summed E-state index contributed by atoms with van der Waals surface area (Å²) in [5.41, 5.74) is 0.210. The van der Waals surface area contributed by atoms with Crippen LogP contribution in [0.2, 0.25) is 0 Å². The number of halogens is 1. The zero-order chi connectivity index (χ0) is 10.7. The van der Waals surface area contributed by atoms with Crippen LogP contribution >= 0.6 is 15.9 Å². The van der Waals surface area contributed by atoms with Crippen molar-refractivity contribution in [3.8, 4) is 5.75 Å². The highest BCUT2D eigenvalue weighted by Crippen LogP contribution is 2.32. The summed E-state index contributed by atoms with van der Waals surface area (Å²) in [6.07, 6.45) is -1.62. The Morgan fingerprint density at radius 3 is 2.71 bits per heavy atom. The van der Waals surface area contributed by atoms with E-state index in [1.165, 1.54) is 6.07 Å². The highest BCUT2D eigenvalue weighted by molar-refractivity contribution is 9.10. The summed E-state index contributed by atoms with van der Waals surface area (Å²) in [5.74, 6) is -1.24. The van der Waals surface area contributed by atoms with Crippen molar-refractivity contribution in [1.82, 2.24) is 0 Å². The van der Waals surface area contributed by atoms with Gasteiger partial charge in [0.1, 0.15) is 5.75 Å². The second-order valence-electron chi connectivity index (χ2n) is 2.79. The summed E-state index contributed by atoms with van der Waals surface area (Å²) in [6.45, 7) is 0. The lowest BCUT2D eigenvalue weighted by Crippen LogP contribution is -2.05. The number of benzene rings is 1. The van der Waals surface area contributed by atoms with E-state index in [4.69, 9.17) is 5.11 Å². The molecule has 1 rings (SSSR count). The van der Waals surface area contributed by atoms with Crippen LogP contribution in [0.4, 0.5) is 0 Å². The first-order chi connectivity index (χ1) is 6.52. The fraction of sp³-hybridized carbons (Fsp3) is 0.222. The quantitative estimate of drug-likeness (QED) is 0.773. The van der Waals surface area contributed by atoms with E-state index in [-0.39, 0.29) is 11.3 Å². The summed E-state index contributed by atoms with van der Waals surface area (Å²) in [7, 11) is 0. The molecule has 0 saturated carbocycles. The average molecular weight is 261 g/mol. The van der Waals surface area contributed by atoms with Crippen molar-refractivity contribution in [1.29, 1.82) is 0 Å². The van der Waals surface area contributed by atoms with Gasteiger partial charge < -0.3 is 15.3 Å². The molecule has 0 aliphatic heterocycles. The third kappa shape index (κ3) is 2.46. The van der Waals surface area contributed by atoms with Gasteiger partial charge in [0.2, 0.25) is 0 Å². The number of phenols is 1. The molecule has 0 aliphatic carbocycles. The first-order valence-corrected chi connectivity index (χ1v) is 4.69. The highest BCUT2D eigenvalue weighted by atomic mass is 79.9. The molecular formula is C9H9BrO4. The average Bonchev–Trinajstić information content (AvgIpc) is 2.08. The van der Waals surface area contributed by atoms with E-state index in [1.807, 2.05) is 0 Å². The van der Waals surface area contributed by atoms with Crippen LogP contribution in [0.25, 0.3) is 0 Å². The molecule has 1 unspecified atom stereocenters. The van der Waals surface area contributed by atoms with Gasteiger partial charge in [-0.2, -0.15) is 0 Å². The molecule has 76 valence electrons. The number of carbonyl (C=O) groups is 1. The maximum Gasteiger partial charge on any atom is 0.306 e. The molecule has 0 fully saturated rings. The number of para-hydroxylation sites is 1. The predicted octanol–water partition coefficient (Wildman–Crippen LogP) is 1.66. The Hall–Kier alpha value is -1.07. The number of rotatable bonds is 3. The van der Waals surface area contributed by atoms with Crippen molar-refractivity contribution in [2.45, 2.75) is 12.5 Å². The molecule has 3 N–H and O–H groups in total. The second kappa shape index (κ2) is 4.43. The van der Waals surface area contributed by atoms with Crippen LogP contribution in [-0.2, 0) is 4.79 Å². The van der Waals surface area contributed by atoms with E-state index >= 15 is 0 Å². The number of aliphatic carboxylic acids is 1. The molecule has 0 heterocycles. The Kier molecular flexibility index (Phi) is 3.49. The van der Waals surface area contributed by atoms with Gasteiger partial charge in [-0.1, -0.05) is 12.1 Å². The van der Waals surface area contributed by atoms with E-state index in [2.05, 4.69) is 15.9 Å². The topological polar surface area (TPSA) is 77.8 Å². The fourth-order valence-electron chi connectivity index (χ4n) is 1.08. The SMILES string of the molecule is O=C(O)CC(O)c1cccc(Br)c1O. The number of phenolic OH excluding ortho intramolecular Hbond substituents is 1. The Bertz CT molecular complexity index is 351. The number of carboxylic acid groups (broad SMARTS) is 1. The fourth-order valence-corrected chi connectivity index (χ4v) is 1.46. The van der Waals surface area contributed by atoms with Gasteiger partial charge >= 0.3 is 5.97 Å². The zero-order valence-corrected chi connectivity index (χ0v) is 8.73. The smallest absolute Gasteiger partial charge is 0.306 e. The number of hydrogen-bond donors (Lipinski definition) is 3. The standard InChI is InChI=1S/C9H9BrO4/c10-6-3-1-2-5(9(6)14)7(11)4-8(12)13/h1-3,7,11,14H,4H2,(H,12,13).